The van der Waals surface area contributed by atoms with Crippen LogP contribution in [0.2, 0.25) is 0 Å². The maximum atomic E-state index is 6.71. The Bertz CT molecular complexity index is 627. The van der Waals surface area contributed by atoms with Crippen molar-refractivity contribution in [1.82, 2.24) is 0 Å². The van der Waals surface area contributed by atoms with Gasteiger partial charge in [0.25, 0.3) is 0 Å². The quantitative estimate of drug-likeness (QED) is 0.373. The second-order valence-corrected chi connectivity index (χ2v) is 8.30. The minimum atomic E-state index is 0.0265. The van der Waals surface area contributed by atoms with Crippen molar-refractivity contribution in [3.05, 3.63) is 59.7 Å². The van der Waals surface area contributed by atoms with Crippen LogP contribution in [0.4, 0.5) is 0 Å². The van der Waals surface area contributed by atoms with Crippen molar-refractivity contribution >= 4 is 0 Å². The minimum absolute atomic E-state index is 0.0265. The first-order chi connectivity index (χ1) is 14.0. The summed E-state index contributed by atoms with van der Waals surface area (Å²) in [5, 5.41) is 0. The Labute approximate surface area is 177 Å². The van der Waals surface area contributed by atoms with Gasteiger partial charge in [-0.15, -0.1) is 0 Å². The van der Waals surface area contributed by atoms with Gasteiger partial charge in [-0.1, -0.05) is 65.8 Å². The lowest BCUT2D eigenvalue weighted by Gasteiger charge is -2.30. The summed E-state index contributed by atoms with van der Waals surface area (Å²) in [5.74, 6) is 2.57. The van der Waals surface area contributed by atoms with Gasteiger partial charge in [0.1, 0.15) is 11.5 Å². The van der Waals surface area contributed by atoms with Gasteiger partial charge in [0.05, 0.1) is 25.4 Å². The highest BCUT2D eigenvalue weighted by molar-refractivity contribution is 5.31. The molecule has 3 nitrogen and oxygen atoms in total. The maximum absolute atomic E-state index is 6.71. The molecule has 0 saturated carbocycles. The number of benzene rings is 2. The van der Waals surface area contributed by atoms with Crippen molar-refractivity contribution in [2.75, 3.05) is 13.2 Å². The van der Waals surface area contributed by atoms with Gasteiger partial charge in [0.2, 0.25) is 0 Å². The molecule has 2 aromatic carbocycles. The lowest BCUT2D eigenvalue weighted by Crippen LogP contribution is -2.19. The Morgan fingerprint density at radius 1 is 0.586 bits per heavy atom. The van der Waals surface area contributed by atoms with Gasteiger partial charge in [0, 0.05) is 0 Å². The van der Waals surface area contributed by atoms with Crippen LogP contribution in [0.1, 0.15) is 77.7 Å². The van der Waals surface area contributed by atoms with Crippen LogP contribution < -0.4 is 9.47 Å². The van der Waals surface area contributed by atoms with Gasteiger partial charge in [-0.2, -0.15) is 0 Å². The molecule has 3 heteroatoms. The van der Waals surface area contributed by atoms with Crippen molar-refractivity contribution < 1.29 is 14.2 Å². The molecule has 0 amide bonds. The van der Waals surface area contributed by atoms with Gasteiger partial charge in [-0.25, -0.2) is 0 Å². The van der Waals surface area contributed by atoms with Crippen molar-refractivity contribution in [3.63, 3.8) is 0 Å². The smallest absolute Gasteiger partial charge is 0.119 e. The summed E-state index contributed by atoms with van der Waals surface area (Å²) in [6.07, 6.45) is 2.08. The van der Waals surface area contributed by atoms with Crippen molar-refractivity contribution in [2.45, 2.75) is 66.6 Å². The SMILES string of the molecule is CCCOc1ccc(C(OC(c2ccc(OCCC)cc2)C(C)C)C(C)C)cc1. The second-order valence-electron chi connectivity index (χ2n) is 8.30. The number of ether oxygens (including phenoxy) is 3. The van der Waals surface area contributed by atoms with E-state index in [9.17, 15) is 0 Å². The van der Waals surface area contributed by atoms with Crippen LogP contribution in [0.5, 0.6) is 11.5 Å². The fraction of sp³-hybridized carbons (Fsp3) is 0.538. The zero-order valence-electron chi connectivity index (χ0n) is 19.0. The molecule has 2 unspecified atom stereocenters. The summed E-state index contributed by atoms with van der Waals surface area (Å²) in [4.78, 5) is 0. The van der Waals surface area contributed by atoms with E-state index in [2.05, 4.69) is 65.8 Å². The first kappa shape index (κ1) is 23.3. The largest absolute Gasteiger partial charge is 0.494 e. The summed E-state index contributed by atoms with van der Waals surface area (Å²) in [6.45, 7) is 14.6. The number of rotatable bonds is 12. The summed E-state index contributed by atoms with van der Waals surface area (Å²) in [6, 6.07) is 16.7. The average Bonchev–Trinajstić information content (AvgIpc) is 2.72. The highest BCUT2D eigenvalue weighted by atomic mass is 16.5. The van der Waals surface area contributed by atoms with Crippen molar-refractivity contribution in [1.29, 1.82) is 0 Å². The topological polar surface area (TPSA) is 27.7 Å². The standard InChI is InChI=1S/C26H38O3/c1-7-17-27-23-13-9-21(10-14-23)25(19(3)4)29-26(20(5)6)22-11-15-24(16-12-22)28-18-8-2/h9-16,19-20,25-26H,7-8,17-18H2,1-6H3. The van der Waals surface area contributed by atoms with E-state index in [-0.39, 0.29) is 12.2 Å². The maximum Gasteiger partial charge on any atom is 0.119 e. The Morgan fingerprint density at radius 2 is 0.931 bits per heavy atom. The molecule has 0 radical (unpaired) electrons. The van der Waals surface area contributed by atoms with Crippen LogP contribution in [0, 0.1) is 11.8 Å². The van der Waals surface area contributed by atoms with E-state index in [1.807, 2.05) is 24.3 Å². The van der Waals surface area contributed by atoms with E-state index >= 15 is 0 Å². The van der Waals surface area contributed by atoms with E-state index in [0.717, 1.165) is 37.6 Å². The summed E-state index contributed by atoms with van der Waals surface area (Å²) in [5.41, 5.74) is 2.38. The van der Waals surface area contributed by atoms with Gasteiger partial charge < -0.3 is 14.2 Å². The molecule has 2 atom stereocenters. The molecule has 0 saturated heterocycles. The predicted octanol–water partition coefficient (Wildman–Crippen LogP) is 7.38. The summed E-state index contributed by atoms with van der Waals surface area (Å²) >= 11 is 0. The molecular formula is C26H38O3. The fourth-order valence-corrected chi connectivity index (χ4v) is 3.35. The van der Waals surface area contributed by atoms with Crippen molar-refractivity contribution in [3.8, 4) is 11.5 Å². The molecular weight excluding hydrogens is 360 g/mol. The number of hydrogen-bond acceptors (Lipinski definition) is 3. The monoisotopic (exact) mass is 398 g/mol. The Kier molecular flexibility index (Phi) is 9.53. The lowest BCUT2D eigenvalue weighted by atomic mass is 9.95. The van der Waals surface area contributed by atoms with E-state index < -0.39 is 0 Å². The number of hydrogen-bond donors (Lipinski definition) is 0. The molecule has 0 fully saturated rings. The molecule has 0 aromatic heterocycles. The minimum Gasteiger partial charge on any atom is -0.494 e. The van der Waals surface area contributed by atoms with Crippen LogP contribution in [-0.2, 0) is 4.74 Å². The highest BCUT2D eigenvalue weighted by Gasteiger charge is 2.25. The third-order valence-electron chi connectivity index (χ3n) is 4.87. The third kappa shape index (κ3) is 7.08. The highest BCUT2D eigenvalue weighted by Crippen LogP contribution is 2.37. The zero-order chi connectivity index (χ0) is 21.2. The first-order valence-corrected chi connectivity index (χ1v) is 11.1. The molecule has 2 rings (SSSR count). The third-order valence-corrected chi connectivity index (χ3v) is 4.87. The van der Waals surface area contributed by atoms with Gasteiger partial charge in [-0.3, -0.25) is 0 Å². The Morgan fingerprint density at radius 3 is 1.21 bits per heavy atom. The fourth-order valence-electron chi connectivity index (χ4n) is 3.35. The first-order valence-electron chi connectivity index (χ1n) is 11.1. The molecule has 0 spiro atoms. The molecule has 0 bridgehead atoms. The van der Waals surface area contributed by atoms with Crippen LogP contribution in [0.25, 0.3) is 0 Å². The molecule has 29 heavy (non-hydrogen) atoms. The van der Waals surface area contributed by atoms with Crippen molar-refractivity contribution in [2.24, 2.45) is 11.8 Å². The molecule has 0 aliphatic rings. The average molecular weight is 399 g/mol. The van der Waals surface area contributed by atoms with Crippen LogP contribution >= 0.6 is 0 Å². The molecule has 2 aromatic rings. The van der Waals surface area contributed by atoms with E-state index in [0.29, 0.717) is 11.8 Å². The Hall–Kier alpha value is -2.00. The normalized spacial score (nSPS) is 13.5. The van der Waals surface area contributed by atoms with Gasteiger partial charge in [-0.05, 0) is 60.1 Å². The summed E-state index contributed by atoms with van der Waals surface area (Å²) < 4.78 is 18.2. The van der Waals surface area contributed by atoms with E-state index in [1.165, 1.54) is 11.1 Å². The second kappa shape index (κ2) is 11.9. The zero-order valence-corrected chi connectivity index (χ0v) is 19.0. The molecule has 160 valence electrons. The van der Waals surface area contributed by atoms with Gasteiger partial charge >= 0.3 is 0 Å². The molecule has 0 aliphatic carbocycles. The van der Waals surface area contributed by atoms with Crippen LogP contribution in [-0.4, -0.2) is 13.2 Å². The summed E-state index contributed by atoms with van der Waals surface area (Å²) in [7, 11) is 0. The van der Waals surface area contributed by atoms with E-state index in [4.69, 9.17) is 14.2 Å². The van der Waals surface area contributed by atoms with E-state index in [1.54, 1.807) is 0 Å². The van der Waals surface area contributed by atoms with Crippen LogP contribution in [0.3, 0.4) is 0 Å². The molecule has 0 aliphatic heterocycles. The molecule has 0 N–H and O–H groups in total. The van der Waals surface area contributed by atoms with Crippen LogP contribution in [0.15, 0.2) is 48.5 Å². The lowest BCUT2D eigenvalue weighted by molar-refractivity contribution is -0.0610. The van der Waals surface area contributed by atoms with Gasteiger partial charge in [0.15, 0.2) is 0 Å². The predicted molar refractivity (Wildman–Crippen MR) is 121 cm³/mol. The Balaban J connectivity index is 2.16. The molecule has 0 heterocycles.